The molecule has 0 aliphatic rings. The molecule has 0 aliphatic carbocycles. The van der Waals surface area contributed by atoms with Gasteiger partial charge in [0.1, 0.15) is 0 Å². The van der Waals surface area contributed by atoms with Gasteiger partial charge < -0.3 is 9.80 Å². The van der Waals surface area contributed by atoms with Crippen LogP contribution in [-0.2, 0) is 0 Å². The molecule has 0 spiro atoms. The zero-order valence-electron chi connectivity index (χ0n) is 38.7. The first kappa shape index (κ1) is 34.0. The van der Waals surface area contributed by atoms with E-state index in [0.29, 0.717) is 55.4 Å². The van der Waals surface area contributed by atoms with Gasteiger partial charge in [-0.2, -0.15) is 0 Å². The van der Waals surface area contributed by atoms with E-state index in [1.807, 2.05) is 182 Å². The van der Waals surface area contributed by atoms with Gasteiger partial charge in [0.05, 0.1) is 27.9 Å². The molecule has 0 saturated carbocycles. The Kier molecular flexibility index (Phi) is 9.07. The van der Waals surface area contributed by atoms with Crippen LogP contribution in [0.15, 0.2) is 255 Å². The lowest BCUT2D eigenvalue weighted by Crippen LogP contribution is -2.09. The van der Waals surface area contributed by atoms with Crippen molar-refractivity contribution >= 4 is 55.9 Å². The Morgan fingerprint density at radius 3 is 0.844 bits per heavy atom. The maximum absolute atomic E-state index is 9.88. The summed E-state index contributed by atoms with van der Waals surface area (Å²) in [5, 5.41) is 0.732. The van der Waals surface area contributed by atoms with E-state index in [2.05, 4.69) is 58.3 Å². The van der Waals surface area contributed by atoms with Gasteiger partial charge in [0.25, 0.3) is 0 Å². The molecule has 4 nitrogen and oxygen atoms in total. The summed E-state index contributed by atoms with van der Waals surface area (Å²) in [5.74, 6) is 0. The van der Waals surface area contributed by atoms with Gasteiger partial charge in [0.2, 0.25) is 0 Å². The number of nitrogens with zero attached hydrogens (tertiary/aromatic N) is 4. The summed E-state index contributed by atoms with van der Waals surface area (Å²) in [5.41, 5.74) is 11.4. The van der Waals surface area contributed by atoms with Gasteiger partial charge >= 0.3 is 0 Å². The monoisotopic (exact) mass is 822 g/mol. The van der Waals surface area contributed by atoms with Crippen molar-refractivity contribution in [3.8, 4) is 44.8 Å². The highest BCUT2D eigenvalue weighted by atomic mass is 15.1. The lowest BCUT2D eigenvalue weighted by atomic mass is 9.94. The van der Waals surface area contributed by atoms with Crippen LogP contribution in [0, 0.1) is 0 Å². The Bertz CT molecular complexity index is 3250. The minimum Gasteiger partial charge on any atom is -0.311 e. The molecule has 9 aromatic carbocycles. The third-order valence-corrected chi connectivity index (χ3v) is 11.4. The fraction of sp³-hybridized carbons (Fsp3) is 0. The van der Waals surface area contributed by atoms with Crippen LogP contribution in [0.25, 0.3) is 66.6 Å². The largest absolute Gasteiger partial charge is 0.311 e. The summed E-state index contributed by atoms with van der Waals surface area (Å²) in [7, 11) is 0. The molecular weight excluding hydrogens is 777 g/mol. The molecule has 0 N–H and O–H groups in total. The quantitative estimate of drug-likeness (QED) is 0.129. The van der Waals surface area contributed by atoms with Crippen molar-refractivity contribution in [1.29, 1.82) is 0 Å². The van der Waals surface area contributed by atoms with E-state index in [1.54, 1.807) is 0 Å². The average molecular weight is 823 g/mol. The Morgan fingerprint density at radius 2 is 0.547 bits per heavy atom. The third kappa shape index (κ3) is 7.44. The van der Waals surface area contributed by atoms with E-state index < -0.39 is 0 Å². The van der Waals surface area contributed by atoms with Crippen LogP contribution in [0.2, 0.25) is 0 Å². The molecule has 0 bridgehead atoms. The molecule has 302 valence electrons. The van der Waals surface area contributed by atoms with Crippen molar-refractivity contribution in [3.63, 3.8) is 0 Å². The second-order valence-corrected chi connectivity index (χ2v) is 15.5. The van der Waals surface area contributed by atoms with Gasteiger partial charge in [-0.05, 0) is 107 Å². The van der Waals surface area contributed by atoms with Crippen LogP contribution in [0.4, 0.5) is 34.1 Å². The molecule has 11 aromatic rings. The van der Waals surface area contributed by atoms with Gasteiger partial charge in [-0.25, -0.2) is 9.97 Å². The van der Waals surface area contributed by atoms with Crippen molar-refractivity contribution < 1.29 is 5.48 Å². The predicted octanol–water partition coefficient (Wildman–Crippen LogP) is 16.4. The molecule has 0 aliphatic heterocycles. The SMILES string of the molecule is [2H]c1c(-c2ccc(N(c3ccccc3)c3ccccc3)cc2)nc2c(c([2H])c([2H])c3c(-c4ccccc4)c([2H])c(-c4ccc(N(c5ccccc5)c5ccccc5)cc4)nc32)c1-c1ccccc1. The summed E-state index contributed by atoms with van der Waals surface area (Å²) in [6, 6.07) is 76.3. The van der Waals surface area contributed by atoms with Gasteiger partial charge in [-0.15, -0.1) is 0 Å². The van der Waals surface area contributed by atoms with Crippen molar-refractivity contribution in [2.75, 3.05) is 9.80 Å². The number of hydrogen-bond acceptors (Lipinski definition) is 4. The smallest absolute Gasteiger partial charge is 0.0978 e. The zero-order chi connectivity index (χ0) is 46.1. The van der Waals surface area contributed by atoms with Crippen LogP contribution in [0.5, 0.6) is 0 Å². The lowest BCUT2D eigenvalue weighted by Gasteiger charge is -2.25. The number of hydrogen-bond donors (Lipinski definition) is 0. The molecule has 0 fully saturated rings. The fourth-order valence-corrected chi connectivity index (χ4v) is 8.36. The lowest BCUT2D eigenvalue weighted by molar-refractivity contribution is 1.28. The van der Waals surface area contributed by atoms with Crippen molar-refractivity contribution in [3.05, 3.63) is 255 Å². The van der Waals surface area contributed by atoms with Crippen LogP contribution >= 0.6 is 0 Å². The minimum atomic E-state index is -0.0759. The van der Waals surface area contributed by atoms with E-state index in [1.165, 1.54) is 0 Å². The first-order chi connectivity index (χ1) is 33.4. The van der Waals surface area contributed by atoms with Crippen molar-refractivity contribution in [2.24, 2.45) is 0 Å². The number of anilines is 6. The van der Waals surface area contributed by atoms with E-state index in [0.717, 1.165) is 45.3 Å². The molecule has 2 aromatic heterocycles. The molecule has 0 amide bonds. The summed E-state index contributed by atoms with van der Waals surface area (Å²) < 4.78 is 39.2. The van der Waals surface area contributed by atoms with E-state index in [9.17, 15) is 5.48 Å². The topological polar surface area (TPSA) is 32.3 Å². The molecule has 11 rings (SSSR count). The minimum absolute atomic E-state index is 0.0759. The van der Waals surface area contributed by atoms with Gasteiger partial charge in [-0.3, -0.25) is 0 Å². The van der Waals surface area contributed by atoms with Crippen LogP contribution in [0.1, 0.15) is 5.48 Å². The predicted molar refractivity (Wildman–Crippen MR) is 268 cm³/mol. The highest BCUT2D eigenvalue weighted by molar-refractivity contribution is 6.13. The second kappa shape index (κ2) is 17.0. The Balaban J connectivity index is 1.15. The van der Waals surface area contributed by atoms with Gasteiger partial charge in [0.15, 0.2) is 0 Å². The maximum atomic E-state index is 9.88. The number of para-hydroxylation sites is 4. The van der Waals surface area contributed by atoms with Crippen LogP contribution < -0.4 is 9.80 Å². The normalized spacial score (nSPS) is 12.0. The summed E-state index contributed by atoms with van der Waals surface area (Å²) >= 11 is 0. The van der Waals surface area contributed by atoms with Crippen molar-refractivity contribution in [1.82, 2.24) is 9.97 Å². The number of pyridine rings is 2. The third-order valence-electron chi connectivity index (χ3n) is 11.4. The fourth-order valence-electron chi connectivity index (χ4n) is 8.36. The van der Waals surface area contributed by atoms with E-state index in [4.69, 9.17) is 9.97 Å². The molecular formula is C60H42N4. The Morgan fingerprint density at radius 1 is 0.281 bits per heavy atom. The van der Waals surface area contributed by atoms with E-state index >= 15 is 0 Å². The van der Waals surface area contributed by atoms with Crippen LogP contribution in [-0.4, -0.2) is 9.97 Å². The van der Waals surface area contributed by atoms with Crippen LogP contribution in [0.3, 0.4) is 0 Å². The molecule has 4 heteroatoms. The standard InChI is InChI=1S/C60H42N4/c1-7-19-43(20-8-1)55-41-57(45-31-35-51(36-32-45)63(47-23-11-3-12-24-47)48-25-13-4-14-26-48)61-59-53(55)39-40-54-56(44-21-9-2-10-22-44)42-58(62-60(54)59)46-33-37-52(38-34-46)64(49-27-15-5-16-28-49)50-29-17-6-18-30-50/h1-42H/i39D,40D,41D,42D. The van der Waals surface area contributed by atoms with Gasteiger partial charge in [0, 0.05) is 56.0 Å². The van der Waals surface area contributed by atoms with Crippen molar-refractivity contribution in [2.45, 2.75) is 0 Å². The Labute approximate surface area is 379 Å². The van der Waals surface area contributed by atoms with Gasteiger partial charge in [-0.1, -0.05) is 170 Å². The summed E-state index contributed by atoms with van der Waals surface area (Å²) in [6.07, 6.45) is 0. The number of rotatable bonds is 10. The number of fused-ring (bicyclic) bond motifs is 3. The number of benzene rings is 9. The molecule has 0 radical (unpaired) electrons. The molecule has 0 saturated heterocycles. The Hall–Kier alpha value is -8.60. The first-order valence-electron chi connectivity index (χ1n) is 23.3. The van der Waals surface area contributed by atoms with E-state index in [-0.39, 0.29) is 24.2 Å². The molecule has 64 heavy (non-hydrogen) atoms. The summed E-state index contributed by atoms with van der Waals surface area (Å²) in [6.45, 7) is 0. The first-order valence-corrected chi connectivity index (χ1v) is 21.3. The molecule has 0 unspecified atom stereocenters. The number of aromatic nitrogens is 2. The average Bonchev–Trinajstić information content (AvgIpc) is 3.40. The highest BCUT2D eigenvalue weighted by Gasteiger charge is 2.19. The summed E-state index contributed by atoms with van der Waals surface area (Å²) in [4.78, 5) is 15.0. The molecule has 0 atom stereocenters. The second-order valence-electron chi connectivity index (χ2n) is 15.5. The zero-order valence-corrected chi connectivity index (χ0v) is 34.7. The molecule has 2 heterocycles. The maximum Gasteiger partial charge on any atom is 0.0978 e. The highest BCUT2D eigenvalue weighted by Crippen LogP contribution is 2.42.